The lowest BCUT2D eigenvalue weighted by atomic mass is 10.4. The zero-order valence-electron chi connectivity index (χ0n) is 9.06. The highest BCUT2D eigenvalue weighted by Crippen LogP contribution is 2.09. The molecule has 0 aliphatic carbocycles. The Morgan fingerprint density at radius 3 is 2.53 bits per heavy atom. The van der Waals surface area contributed by atoms with Crippen molar-refractivity contribution in [1.29, 1.82) is 0 Å². The molecule has 2 aromatic heterocycles. The summed E-state index contributed by atoms with van der Waals surface area (Å²) < 4.78 is 1.95. The number of nitrogens with one attached hydrogen (secondary N) is 1. The predicted molar refractivity (Wildman–Crippen MR) is 65.2 cm³/mol. The summed E-state index contributed by atoms with van der Waals surface area (Å²) in [6.45, 7) is 0.640. The van der Waals surface area contributed by atoms with E-state index >= 15 is 0 Å². The summed E-state index contributed by atoms with van der Waals surface area (Å²) in [7, 11) is 1.94. The fraction of sp³-hybridized carbons (Fsp3) is 0.333. The normalized spacial score (nSPS) is 10.5. The molecule has 0 bridgehead atoms. The van der Waals surface area contributed by atoms with Crippen LogP contribution in [0.25, 0.3) is 0 Å². The van der Waals surface area contributed by atoms with E-state index in [0.29, 0.717) is 12.5 Å². The Bertz CT molecular complexity index is 492. The molecule has 2 aromatic rings. The standard InChI is InChI=1S/C9H10Cl2N6/c1-17-5-4-12-6(17)2-3-13-9-15-7(10)14-8(11)16-9/h4-5H,2-3H2,1H3,(H,13,14,15,16). The molecule has 2 heterocycles. The van der Waals surface area contributed by atoms with Gasteiger partial charge >= 0.3 is 0 Å². The van der Waals surface area contributed by atoms with Gasteiger partial charge < -0.3 is 9.88 Å². The highest BCUT2D eigenvalue weighted by molar-refractivity contribution is 6.31. The first-order valence-corrected chi connectivity index (χ1v) is 5.68. The summed E-state index contributed by atoms with van der Waals surface area (Å²) in [6, 6.07) is 0. The van der Waals surface area contributed by atoms with Gasteiger partial charge in [-0.25, -0.2) is 4.98 Å². The van der Waals surface area contributed by atoms with Crippen molar-refractivity contribution < 1.29 is 0 Å². The maximum absolute atomic E-state index is 5.65. The summed E-state index contributed by atoms with van der Waals surface area (Å²) in [5, 5.41) is 3.15. The van der Waals surface area contributed by atoms with E-state index in [9.17, 15) is 0 Å². The van der Waals surface area contributed by atoms with Gasteiger partial charge in [-0.1, -0.05) is 0 Å². The molecule has 0 unspecified atom stereocenters. The minimum absolute atomic E-state index is 0.0736. The van der Waals surface area contributed by atoms with Crippen molar-refractivity contribution in [3.05, 3.63) is 28.8 Å². The molecular weight excluding hydrogens is 263 g/mol. The fourth-order valence-corrected chi connectivity index (χ4v) is 1.69. The first kappa shape index (κ1) is 12.1. The average molecular weight is 273 g/mol. The molecule has 0 amide bonds. The first-order valence-electron chi connectivity index (χ1n) is 4.92. The molecule has 0 saturated heterocycles. The Morgan fingerprint density at radius 1 is 1.24 bits per heavy atom. The third-order valence-electron chi connectivity index (χ3n) is 2.13. The smallest absolute Gasteiger partial charge is 0.228 e. The van der Waals surface area contributed by atoms with Gasteiger partial charge in [0.15, 0.2) is 0 Å². The molecule has 8 heteroatoms. The van der Waals surface area contributed by atoms with Gasteiger partial charge in [0.2, 0.25) is 16.5 Å². The Morgan fingerprint density at radius 2 is 1.94 bits per heavy atom. The summed E-state index contributed by atoms with van der Waals surface area (Å²) in [4.78, 5) is 15.6. The average Bonchev–Trinajstić information content (AvgIpc) is 2.63. The van der Waals surface area contributed by atoms with E-state index < -0.39 is 0 Å². The first-order chi connectivity index (χ1) is 8.15. The quantitative estimate of drug-likeness (QED) is 0.915. The van der Waals surface area contributed by atoms with E-state index in [1.165, 1.54) is 0 Å². The lowest BCUT2D eigenvalue weighted by Crippen LogP contribution is -2.11. The topological polar surface area (TPSA) is 68.5 Å². The monoisotopic (exact) mass is 272 g/mol. The van der Waals surface area contributed by atoms with Gasteiger partial charge in [0.25, 0.3) is 0 Å². The molecule has 6 nitrogen and oxygen atoms in total. The lowest BCUT2D eigenvalue weighted by molar-refractivity contribution is 0.786. The molecule has 0 saturated carbocycles. The molecule has 0 spiro atoms. The molecule has 0 aromatic carbocycles. The zero-order chi connectivity index (χ0) is 12.3. The Balaban J connectivity index is 1.92. The summed E-state index contributed by atoms with van der Waals surface area (Å²) in [5.74, 6) is 1.34. The second-order valence-electron chi connectivity index (χ2n) is 3.33. The highest BCUT2D eigenvalue weighted by Gasteiger charge is 2.03. The zero-order valence-corrected chi connectivity index (χ0v) is 10.6. The van der Waals surface area contributed by atoms with Crippen molar-refractivity contribution in [1.82, 2.24) is 24.5 Å². The van der Waals surface area contributed by atoms with E-state index in [-0.39, 0.29) is 10.6 Å². The fourth-order valence-electron chi connectivity index (χ4n) is 1.33. The summed E-state index contributed by atoms with van der Waals surface area (Å²) >= 11 is 11.3. The lowest BCUT2D eigenvalue weighted by Gasteiger charge is -2.04. The number of hydrogen-bond acceptors (Lipinski definition) is 5. The molecular formula is C9H10Cl2N6. The second kappa shape index (κ2) is 5.29. The van der Waals surface area contributed by atoms with Crippen LogP contribution in [0.5, 0.6) is 0 Å². The van der Waals surface area contributed by atoms with Crippen molar-refractivity contribution in [3.63, 3.8) is 0 Å². The minimum Gasteiger partial charge on any atom is -0.354 e. The molecule has 2 rings (SSSR count). The van der Waals surface area contributed by atoms with Crippen LogP contribution in [0.1, 0.15) is 5.82 Å². The van der Waals surface area contributed by atoms with E-state index in [4.69, 9.17) is 23.2 Å². The molecule has 90 valence electrons. The number of rotatable bonds is 4. The van der Waals surface area contributed by atoms with Crippen LogP contribution in [0.4, 0.5) is 5.95 Å². The van der Waals surface area contributed by atoms with E-state index in [1.54, 1.807) is 6.20 Å². The molecule has 1 N–H and O–H groups in total. The van der Waals surface area contributed by atoms with E-state index in [1.807, 2.05) is 17.8 Å². The third kappa shape index (κ3) is 3.28. The Kier molecular flexibility index (Phi) is 3.75. The molecule has 0 fully saturated rings. The Labute approximate surface area is 108 Å². The molecule has 0 radical (unpaired) electrons. The van der Waals surface area contributed by atoms with Crippen LogP contribution in [-0.2, 0) is 13.5 Å². The SMILES string of the molecule is Cn1ccnc1CCNc1nc(Cl)nc(Cl)n1. The Hall–Kier alpha value is -1.40. The van der Waals surface area contributed by atoms with Crippen molar-refractivity contribution >= 4 is 29.2 Å². The van der Waals surface area contributed by atoms with Crippen molar-refractivity contribution in [2.45, 2.75) is 6.42 Å². The number of aryl methyl sites for hydroxylation is 1. The van der Waals surface area contributed by atoms with Gasteiger partial charge in [0.05, 0.1) is 0 Å². The van der Waals surface area contributed by atoms with Crippen LogP contribution in [0.3, 0.4) is 0 Å². The van der Waals surface area contributed by atoms with E-state index in [0.717, 1.165) is 12.2 Å². The van der Waals surface area contributed by atoms with Gasteiger partial charge in [-0.2, -0.15) is 15.0 Å². The second-order valence-corrected chi connectivity index (χ2v) is 4.00. The highest BCUT2D eigenvalue weighted by atomic mass is 35.5. The van der Waals surface area contributed by atoms with Crippen molar-refractivity contribution in [2.75, 3.05) is 11.9 Å². The van der Waals surface area contributed by atoms with Crippen LogP contribution in [0, 0.1) is 0 Å². The minimum atomic E-state index is 0.0736. The van der Waals surface area contributed by atoms with Crippen LogP contribution in [-0.4, -0.2) is 31.0 Å². The number of aromatic nitrogens is 5. The predicted octanol–water partition coefficient (Wildman–Crippen LogP) is 1.57. The van der Waals surface area contributed by atoms with Crippen molar-refractivity contribution in [2.24, 2.45) is 7.05 Å². The maximum Gasteiger partial charge on any atom is 0.228 e. The van der Waals surface area contributed by atoms with E-state index in [2.05, 4.69) is 25.3 Å². The van der Waals surface area contributed by atoms with Gasteiger partial charge in [-0.3, -0.25) is 0 Å². The molecule has 17 heavy (non-hydrogen) atoms. The third-order valence-corrected chi connectivity index (χ3v) is 2.47. The van der Waals surface area contributed by atoms with Crippen molar-refractivity contribution in [3.8, 4) is 0 Å². The number of anilines is 1. The summed E-state index contributed by atoms with van der Waals surface area (Å²) in [5.41, 5.74) is 0. The van der Waals surface area contributed by atoms with Gasteiger partial charge in [0, 0.05) is 32.4 Å². The number of nitrogens with zero attached hydrogens (tertiary/aromatic N) is 5. The molecule has 0 aliphatic heterocycles. The van der Waals surface area contributed by atoms with Gasteiger partial charge in [-0.05, 0) is 23.2 Å². The summed E-state index contributed by atoms with van der Waals surface area (Å²) in [6.07, 6.45) is 4.41. The molecule has 0 atom stereocenters. The largest absolute Gasteiger partial charge is 0.354 e. The van der Waals surface area contributed by atoms with Crippen LogP contribution in [0.2, 0.25) is 10.6 Å². The number of halogens is 2. The van der Waals surface area contributed by atoms with Gasteiger partial charge in [-0.15, -0.1) is 0 Å². The van der Waals surface area contributed by atoms with Crippen LogP contribution < -0.4 is 5.32 Å². The van der Waals surface area contributed by atoms with Crippen LogP contribution >= 0.6 is 23.2 Å². The molecule has 0 aliphatic rings. The number of imidazole rings is 1. The number of hydrogen-bond donors (Lipinski definition) is 1. The maximum atomic E-state index is 5.65. The van der Waals surface area contributed by atoms with Gasteiger partial charge in [0.1, 0.15) is 5.82 Å². The van der Waals surface area contributed by atoms with Crippen LogP contribution in [0.15, 0.2) is 12.4 Å².